The van der Waals surface area contributed by atoms with Gasteiger partial charge in [-0.25, -0.2) is 0 Å². The van der Waals surface area contributed by atoms with Crippen LogP contribution >= 0.6 is 0 Å². The topological polar surface area (TPSA) is 41.7 Å². The van der Waals surface area contributed by atoms with Gasteiger partial charge in [0.05, 0.1) is 13.2 Å². The molecule has 0 aromatic carbocycles. The molecule has 2 atom stereocenters. The third-order valence-corrected chi connectivity index (χ3v) is 4.16. The highest BCUT2D eigenvalue weighted by Crippen LogP contribution is 2.21. The number of ether oxygens (including phenoxy) is 1. The molecule has 0 spiro atoms. The minimum absolute atomic E-state index is 0.330. The minimum atomic E-state index is 0.330. The highest BCUT2D eigenvalue weighted by Gasteiger charge is 2.29. The van der Waals surface area contributed by atoms with Gasteiger partial charge in [-0.1, -0.05) is 0 Å². The van der Waals surface area contributed by atoms with Crippen molar-refractivity contribution in [1.29, 1.82) is 0 Å². The summed E-state index contributed by atoms with van der Waals surface area (Å²) in [6, 6.07) is 0.993. The van der Waals surface area contributed by atoms with Crippen LogP contribution in [-0.4, -0.2) is 67.8 Å². The molecule has 100 valence electrons. The molecule has 0 aromatic rings. The van der Waals surface area contributed by atoms with Crippen molar-refractivity contribution in [2.75, 3.05) is 45.9 Å². The molecule has 0 saturated carbocycles. The number of nitrogens with zero attached hydrogens (tertiary/aromatic N) is 2. The average Bonchev–Trinajstić information content (AvgIpc) is 2.79. The van der Waals surface area contributed by atoms with E-state index in [4.69, 9.17) is 10.5 Å². The Bertz CT molecular complexity index is 229. The van der Waals surface area contributed by atoms with Crippen molar-refractivity contribution in [3.8, 4) is 0 Å². The molecule has 17 heavy (non-hydrogen) atoms. The van der Waals surface area contributed by atoms with E-state index in [0.29, 0.717) is 18.0 Å². The van der Waals surface area contributed by atoms with Crippen LogP contribution in [0.3, 0.4) is 0 Å². The van der Waals surface area contributed by atoms with E-state index < -0.39 is 0 Å². The van der Waals surface area contributed by atoms with E-state index >= 15 is 0 Å². The number of morpholine rings is 1. The Morgan fingerprint density at radius 3 is 2.53 bits per heavy atom. The van der Waals surface area contributed by atoms with Crippen molar-refractivity contribution >= 4 is 0 Å². The van der Waals surface area contributed by atoms with Gasteiger partial charge in [-0.15, -0.1) is 0 Å². The predicted octanol–water partition coefficient (Wildman–Crippen LogP) is 0.376. The number of hydrogen-bond donors (Lipinski definition) is 1. The second kappa shape index (κ2) is 6.14. The Labute approximate surface area is 105 Å². The summed E-state index contributed by atoms with van der Waals surface area (Å²) >= 11 is 0. The highest BCUT2D eigenvalue weighted by atomic mass is 16.5. The second-order valence-corrected chi connectivity index (χ2v) is 5.71. The van der Waals surface area contributed by atoms with Crippen LogP contribution in [0, 0.1) is 5.92 Å². The Morgan fingerprint density at radius 1 is 1.24 bits per heavy atom. The lowest BCUT2D eigenvalue weighted by atomic mass is 9.99. The monoisotopic (exact) mass is 241 g/mol. The van der Waals surface area contributed by atoms with Gasteiger partial charge in [0, 0.05) is 38.3 Å². The summed E-state index contributed by atoms with van der Waals surface area (Å²) in [5, 5.41) is 0. The van der Waals surface area contributed by atoms with Crippen molar-refractivity contribution in [2.45, 2.75) is 32.4 Å². The Kier molecular flexibility index (Phi) is 4.79. The van der Waals surface area contributed by atoms with Gasteiger partial charge < -0.3 is 15.4 Å². The zero-order valence-corrected chi connectivity index (χ0v) is 11.3. The maximum Gasteiger partial charge on any atom is 0.0594 e. The molecule has 2 saturated heterocycles. The fourth-order valence-electron chi connectivity index (χ4n) is 2.86. The average molecular weight is 241 g/mol. The lowest BCUT2D eigenvalue weighted by Gasteiger charge is -2.31. The van der Waals surface area contributed by atoms with Crippen molar-refractivity contribution in [3.63, 3.8) is 0 Å². The molecular formula is C13H27N3O. The molecule has 2 aliphatic rings. The number of likely N-dealkylation sites (tertiary alicyclic amines) is 1. The van der Waals surface area contributed by atoms with Crippen LogP contribution < -0.4 is 5.73 Å². The van der Waals surface area contributed by atoms with Gasteiger partial charge in [0.2, 0.25) is 0 Å². The summed E-state index contributed by atoms with van der Waals surface area (Å²) < 4.78 is 5.36. The molecule has 4 nitrogen and oxygen atoms in total. The molecule has 0 aromatic heterocycles. The molecule has 2 aliphatic heterocycles. The lowest BCUT2D eigenvalue weighted by molar-refractivity contribution is 0.0326. The molecule has 2 fully saturated rings. The maximum atomic E-state index is 6.36. The van der Waals surface area contributed by atoms with Crippen molar-refractivity contribution < 1.29 is 4.74 Å². The standard InChI is InChI=1S/C13H27N3O/c1-11(2)16-4-3-12(9-16)13(14)10-15-5-7-17-8-6-15/h11-13H,3-10,14H2,1-2H3. The number of rotatable bonds is 4. The zero-order chi connectivity index (χ0) is 12.3. The van der Waals surface area contributed by atoms with Gasteiger partial charge in [-0.3, -0.25) is 4.90 Å². The summed E-state index contributed by atoms with van der Waals surface area (Å²) in [6.45, 7) is 11.8. The molecule has 2 rings (SSSR count). The van der Waals surface area contributed by atoms with Crippen LogP contribution in [0.25, 0.3) is 0 Å². The summed E-state index contributed by atoms with van der Waals surface area (Å²) in [7, 11) is 0. The predicted molar refractivity (Wildman–Crippen MR) is 70.1 cm³/mol. The van der Waals surface area contributed by atoms with Crippen LogP contribution in [0.5, 0.6) is 0 Å². The highest BCUT2D eigenvalue weighted by molar-refractivity contribution is 4.86. The number of hydrogen-bond acceptors (Lipinski definition) is 4. The fourth-order valence-corrected chi connectivity index (χ4v) is 2.86. The molecule has 2 N–H and O–H groups in total. The molecule has 2 unspecified atom stereocenters. The van der Waals surface area contributed by atoms with Gasteiger partial charge in [-0.05, 0) is 32.7 Å². The number of nitrogens with two attached hydrogens (primary N) is 1. The first kappa shape index (κ1) is 13.3. The van der Waals surface area contributed by atoms with Gasteiger partial charge in [-0.2, -0.15) is 0 Å². The van der Waals surface area contributed by atoms with Gasteiger partial charge in [0.1, 0.15) is 0 Å². The SMILES string of the molecule is CC(C)N1CCC(C(N)CN2CCOCC2)C1. The Balaban J connectivity index is 1.74. The van der Waals surface area contributed by atoms with Crippen LogP contribution in [0.15, 0.2) is 0 Å². The molecule has 0 bridgehead atoms. The normalized spacial score (nSPS) is 30.0. The minimum Gasteiger partial charge on any atom is -0.379 e. The van der Waals surface area contributed by atoms with Crippen LogP contribution in [-0.2, 0) is 4.74 Å². The largest absolute Gasteiger partial charge is 0.379 e. The fraction of sp³-hybridized carbons (Fsp3) is 1.00. The van der Waals surface area contributed by atoms with E-state index in [0.717, 1.165) is 32.8 Å². The molecule has 0 amide bonds. The summed E-state index contributed by atoms with van der Waals surface area (Å²) in [5.41, 5.74) is 6.36. The smallest absolute Gasteiger partial charge is 0.0594 e. The van der Waals surface area contributed by atoms with E-state index in [9.17, 15) is 0 Å². The summed E-state index contributed by atoms with van der Waals surface area (Å²) in [4.78, 5) is 5.00. The van der Waals surface area contributed by atoms with Crippen molar-refractivity contribution in [1.82, 2.24) is 9.80 Å². The van der Waals surface area contributed by atoms with Crippen LogP contribution in [0.2, 0.25) is 0 Å². The lowest BCUT2D eigenvalue weighted by Crippen LogP contribution is -2.47. The Hall–Kier alpha value is -0.160. The third kappa shape index (κ3) is 3.65. The van der Waals surface area contributed by atoms with Gasteiger partial charge >= 0.3 is 0 Å². The quantitative estimate of drug-likeness (QED) is 0.772. The molecular weight excluding hydrogens is 214 g/mol. The first-order valence-electron chi connectivity index (χ1n) is 6.96. The summed E-state index contributed by atoms with van der Waals surface area (Å²) in [5.74, 6) is 0.681. The Morgan fingerprint density at radius 2 is 1.94 bits per heavy atom. The molecule has 2 heterocycles. The summed E-state index contributed by atoms with van der Waals surface area (Å²) in [6.07, 6.45) is 1.27. The van der Waals surface area contributed by atoms with Gasteiger partial charge in [0.25, 0.3) is 0 Å². The van der Waals surface area contributed by atoms with Crippen LogP contribution in [0.4, 0.5) is 0 Å². The third-order valence-electron chi connectivity index (χ3n) is 4.16. The van der Waals surface area contributed by atoms with E-state index in [-0.39, 0.29) is 0 Å². The van der Waals surface area contributed by atoms with Gasteiger partial charge in [0.15, 0.2) is 0 Å². The maximum absolute atomic E-state index is 6.36. The van der Waals surface area contributed by atoms with E-state index in [1.807, 2.05) is 0 Å². The van der Waals surface area contributed by atoms with E-state index in [1.165, 1.54) is 19.5 Å². The van der Waals surface area contributed by atoms with Crippen LogP contribution in [0.1, 0.15) is 20.3 Å². The zero-order valence-electron chi connectivity index (χ0n) is 11.3. The van der Waals surface area contributed by atoms with E-state index in [2.05, 4.69) is 23.6 Å². The second-order valence-electron chi connectivity index (χ2n) is 5.71. The molecule has 0 aliphatic carbocycles. The molecule has 4 heteroatoms. The first-order valence-corrected chi connectivity index (χ1v) is 6.96. The first-order chi connectivity index (χ1) is 8.16. The van der Waals surface area contributed by atoms with E-state index in [1.54, 1.807) is 0 Å². The van der Waals surface area contributed by atoms with Crippen molar-refractivity contribution in [2.24, 2.45) is 11.7 Å². The molecule has 0 radical (unpaired) electrons. The van der Waals surface area contributed by atoms with Crippen molar-refractivity contribution in [3.05, 3.63) is 0 Å².